The van der Waals surface area contributed by atoms with Crippen molar-refractivity contribution < 1.29 is 9.90 Å². The number of rotatable bonds is 2. The molecule has 2 rings (SSSR count). The van der Waals surface area contributed by atoms with Crippen molar-refractivity contribution in [3.8, 4) is 0 Å². The van der Waals surface area contributed by atoms with E-state index in [1.165, 1.54) is 0 Å². The zero-order chi connectivity index (χ0) is 9.42. The minimum atomic E-state index is -0.665. The second-order valence-corrected chi connectivity index (χ2v) is 3.66. The lowest BCUT2D eigenvalue weighted by molar-refractivity contribution is -0.138. The van der Waals surface area contributed by atoms with E-state index >= 15 is 0 Å². The fourth-order valence-corrected chi connectivity index (χ4v) is 2.03. The van der Waals surface area contributed by atoms with Crippen molar-refractivity contribution in [2.24, 2.45) is 11.8 Å². The Morgan fingerprint density at radius 2 is 1.92 bits per heavy atom. The molecule has 0 unspecified atom stereocenters. The van der Waals surface area contributed by atoms with Gasteiger partial charge in [-0.2, -0.15) is 0 Å². The maximum Gasteiger partial charge on any atom is 0.307 e. The Morgan fingerprint density at radius 3 is 2.38 bits per heavy atom. The first-order chi connectivity index (χ1) is 6.22. The quantitative estimate of drug-likeness (QED) is 0.749. The minimum Gasteiger partial charge on any atom is -0.481 e. The third-order valence-electron chi connectivity index (χ3n) is 2.85. The summed E-state index contributed by atoms with van der Waals surface area (Å²) >= 11 is 0. The zero-order valence-electron chi connectivity index (χ0n) is 7.47. The van der Waals surface area contributed by atoms with Crippen LogP contribution in [-0.4, -0.2) is 11.1 Å². The maximum absolute atomic E-state index is 10.8. The molecule has 0 saturated heterocycles. The maximum atomic E-state index is 10.8. The first kappa shape index (κ1) is 8.30. The average Bonchev–Trinajstić information content (AvgIpc) is 2.79. The third-order valence-corrected chi connectivity index (χ3v) is 2.85. The van der Waals surface area contributed by atoms with Crippen molar-refractivity contribution in [2.75, 3.05) is 0 Å². The van der Waals surface area contributed by atoms with Crippen LogP contribution in [0.4, 0.5) is 0 Å². The van der Waals surface area contributed by atoms with Crippen LogP contribution in [0.3, 0.4) is 0 Å². The van der Waals surface area contributed by atoms with Crippen LogP contribution in [0.5, 0.6) is 0 Å². The molecule has 68 valence electrons. The van der Waals surface area contributed by atoms with Gasteiger partial charge in [0.05, 0.1) is 5.92 Å². The van der Waals surface area contributed by atoms with E-state index in [-0.39, 0.29) is 11.8 Å². The summed E-state index contributed by atoms with van der Waals surface area (Å²) in [5.74, 6) is -0.303. The highest BCUT2D eigenvalue weighted by Gasteiger charge is 2.52. The SMILES string of the molecule is C[C@@H]1[C@@H](C(=O)O)[C@@H]1c1ccccc1. The van der Waals surface area contributed by atoms with Crippen molar-refractivity contribution in [3.05, 3.63) is 35.9 Å². The van der Waals surface area contributed by atoms with Crippen LogP contribution in [0.25, 0.3) is 0 Å². The fourth-order valence-electron chi connectivity index (χ4n) is 2.03. The van der Waals surface area contributed by atoms with Crippen LogP contribution >= 0.6 is 0 Å². The minimum absolute atomic E-state index is 0.164. The van der Waals surface area contributed by atoms with Gasteiger partial charge in [-0.1, -0.05) is 37.3 Å². The summed E-state index contributed by atoms with van der Waals surface area (Å²) in [6.07, 6.45) is 0. The summed E-state index contributed by atoms with van der Waals surface area (Å²) in [5, 5.41) is 8.86. The summed E-state index contributed by atoms with van der Waals surface area (Å²) in [6.45, 7) is 2.00. The second kappa shape index (κ2) is 2.87. The molecule has 3 atom stereocenters. The lowest BCUT2D eigenvalue weighted by Gasteiger charge is -1.96. The Labute approximate surface area is 77.2 Å². The van der Waals surface area contributed by atoms with Crippen molar-refractivity contribution in [1.82, 2.24) is 0 Å². The van der Waals surface area contributed by atoms with E-state index in [1.807, 2.05) is 37.3 Å². The van der Waals surface area contributed by atoms with Crippen LogP contribution in [0.2, 0.25) is 0 Å². The van der Waals surface area contributed by atoms with Gasteiger partial charge in [0.15, 0.2) is 0 Å². The molecule has 13 heavy (non-hydrogen) atoms. The van der Waals surface area contributed by atoms with Crippen LogP contribution in [0.1, 0.15) is 18.4 Å². The highest BCUT2D eigenvalue weighted by Crippen LogP contribution is 2.53. The smallest absolute Gasteiger partial charge is 0.307 e. The van der Waals surface area contributed by atoms with Gasteiger partial charge in [-0.3, -0.25) is 4.79 Å². The number of carboxylic acids is 1. The second-order valence-electron chi connectivity index (χ2n) is 3.66. The van der Waals surface area contributed by atoms with Crippen molar-refractivity contribution >= 4 is 5.97 Å². The molecule has 1 N–H and O–H groups in total. The highest BCUT2D eigenvalue weighted by molar-refractivity contribution is 5.76. The molecule has 0 heterocycles. The number of aliphatic carboxylic acids is 1. The predicted octanol–water partition coefficient (Wildman–Crippen LogP) is 2.12. The van der Waals surface area contributed by atoms with E-state index in [4.69, 9.17) is 5.11 Å². The molecule has 0 spiro atoms. The Morgan fingerprint density at radius 1 is 1.31 bits per heavy atom. The average molecular weight is 176 g/mol. The highest BCUT2D eigenvalue weighted by atomic mass is 16.4. The molecule has 0 bridgehead atoms. The number of carbonyl (C=O) groups is 1. The van der Waals surface area contributed by atoms with Gasteiger partial charge in [-0.25, -0.2) is 0 Å². The number of benzene rings is 1. The summed E-state index contributed by atoms with van der Waals surface area (Å²) in [5.41, 5.74) is 1.16. The number of carboxylic acid groups (broad SMARTS) is 1. The van der Waals surface area contributed by atoms with E-state index in [1.54, 1.807) is 0 Å². The molecule has 0 aromatic heterocycles. The van der Waals surface area contributed by atoms with Crippen LogP contribution < -0.4 is 0 Å². The van der Waals surface area contributed by atoms with Gasteiger partial charge in [-0.15, -0.1) is 0 Å². The molecule has 1 fully saturated rings. The molecule has 0 amide bonds. The first-order valence-corrected chi connectivity index (χ1v) is 4.49. The van der Waals surface area contributed by atoms with Gasteiger partial charge in [0.25, 0.3) is 0 Å². The van der Waals surface area contributed by atoms with Crippen molar-refractivity contribution in [3.63, 3.8) is 0 Å². The Balaban J connectivity index is 2.18. The van der Waals surface area contributed by atoms with E-state index in [0.29, 0.717) is 5.92 Å². The van der Waals surface area contributed by atoms with Crippen LogP contribution in [0.15, 0.2) is 30.3 Å². The van der Waals surface area contributed by atoms with Gasteiger partial charge in [0.2, 0.25) is 0 Å². The zero-order valence-corrected chi connectivity index (χ0v) is 7.47. The molecule has 1 aromatic carbocycles. The molecule has 1 aliphatic rings. The van der Waals surface area contributed by atoms with E-state index in [2.05, 4.69) is 0 Å². The molecule has 2 nitrogen and oxygen atoms in total. The van der Waals surface area contributed by atoms with Crippen molar-refractivity contribution in [1.29, 1.82) is 0 Å². The molecular formula is C11H12O2. The van der Waals surface area contributed by atoms with Gasteiger partial charge in [0.1, 0.15) is 0 Å². The van der Waals surface area contributed by atoms with Crippen LogP contribution in [-0.2, 0) is 4.79 Å². The summed E-state index contributed by atoms with van der Waals surface area (Å²) in [6, 6.07) is 9.87. The normalized spacial score (nSPS) is 31.3. The van der Waals surface area contributed by atoms with Crippen molar-refractivity contribution in [2.45, 2.75) is 12.8 Å². The third kappa shape index (κ3) is 1.32. The van der Waals surface area contributed by atoms with E-state index in [0.717, 1.165) is 5.56 Å². The molecular weight excluding hydrogens is 164 g/mol. The van der Waals surface area contributed by atoms with E-state index in [9.17, 15) is 4.79 Å². The topological polar surface area (TPSA) is 37.3 Å². The monoisotopic (exact) mass is 176 g/mol. The Kier molecular flexibility index (Phi) is 1.83. The fraction of sp³-hybridized carbons (Fsp3) is 0.364. The number of hydrogen-bond donors (Lipinski definition) is 1. The summed E-state index contributed by atoms with van der Waals surface area (Å²) < 4.78 is 0. The van der Waals surface area contributed by atoms with Gasteiger partial charge in [-0.05, 0) is 11.5 Å². The molecule has 1 saturated carbocycles. The summed E-state index contributed by atoms with van der Waals surface area (Å²) in [4.78, 5) is 10.8. The van der Waals surface area contributed by atoms with Crippen LogP contribution in [0, 0.1) is 11.8 Å². The van der Waals surface area contributed by atoms with Gasteiger partial charge >= 0.3 is 5.97 Å². The Hall–Kier alpha value is -1.31. The molecule has 1 aliphatic carbocycles. The number of hydrogen-bond acceptors (Lipinski definition) is 1. The first-order valence-electron chi connectivity index (χ1n) is 4.49. The standard InChI is InChI=1S/C11H12O2/c1-7-9(10(7)11(12)13)8-5-3-2-4-6-8/h2-7,9-10H,1H3,(H,12,13)/t7-,9-,10+/m0/s1. The van der Waals surface area contributed by atoms with Gasteiger partial charge in [0, 0.05) is 5.92 Å². The largest absolute Gasteiger partial charge is 0.481 e. The van der Waals surface area contributed by atoms with E-state index < -0.39 is 5.97 Å². The molecule has 0 radical (unpaired) electrons. The van der Waals surface area contributed by atoms with Gasteiger partial charge < -0.3 is 5.11 Å². The lowest BCUT2D eigenvalue weighted by Crippen LogP contribution is -1.99. The Bertz CT molecular complexity index is 318. The predicted molar refractivity (Wildman–Crippen MR) is 49.5 cm³/mol. The summed E-state index contributed by atoms with van der Waals surface area (Å²) in [7, 11) is 0. The molecule has 0 aliphatic heterocycles. The lowest BCUT2D eigenvalue weighted by atomic mass is 10.1. The molecule has 2 heteroatoms. The molecule has 1 aromatic rings.